The lowest BCUT2D eigenvalue weighted by Gasteiger charge is -2.36. The summed E-state index contributed by atoms with van der Waals surface area (Å²) in [5.41, 5.74) is 1.05. The lowest BCUT2D eigenvalue weighted by molar-refractivity contribution is -0.139. The summed E-state index contributed by atoms with van der Waals surface area (Å²) in [6.45, 7) is 0. The van der Waals surface area contributed by atoms with E-state index in [0.717, 1.165) is 20.3 Å². The van der Waals surface area contributed by atoms with Gasteiger partial charge in [0.1, 0.15) is 28.8 Å². The van der Waals surface area contributed by atoms with Crippen LogP contribution in [0, 0.1) is 45.9 Å². The molecule has 35 heavy (non-hydrogen) atoms. The minimum Gasteiger partial charge on any atom is -0.466 e. The summed E-state index contributed by atoms with van der Waals surface area (Å²) in [6, 6.07) is 10.4. The second-order valence-corrected chi connectivity index (χ2v) is 6.93. The summed E-state index contributed by atoms with van der Waals surface area (Å²) >= 11 is 0. The molecule has 178 valence electrons. The Bertz CT molecular complexity index is 1360. The molecule has 0 aliphatic carbocycles. The smallest absolute Gasteiger partial charge is 0.355 e. The average Bonchev–Trinajstić information content (AvgIpc) is 2.87. The van der Waals surface area contributed by atoms with Crippen LogP contribution in [0.15, 0.2) is 53.0 Å². The number of halogens is 4. The second-order valence-electron chi connectivity index (χ2n) is 6.93. The summed E-state index contributed by atoms with van der Waals surface area (Å²) in [6.07, 6.45) is 0. The van der Waals surface area contributed by atoms with E-state index in [1.807, 2.05) is 0 Å². The summed E-state index contributed by atoms with van der Waals surface area (Å²) in [4.78, 5) is 25.9. The molecule has 0 aromatic heterocycles. The van der Waals surface area contributed by atoms with Crippen molar-refractivity contribution in [3.63, 3.8) is 0 Å². The monoisotopic (exact) mass is 486 g/mol. The fourth-order valence-corrected chi connectivity index (χ4v) is 3.66. The van der Waals surface area contributed by atoms with E-state index in [0.29, 0.717) is 0 Å². The molecule has 2 N–H and O–H groups in total. The van der Waals surface area contributed by atoms with Crippen molar-refractivity contribution in [1.29, 1.82) is 10.5 Å². The molecule has 3 rings (SSSR count). The predicted molar refractivity (Wildman–Crippen MR) is 111 cm³/mol. The Balaban J connectivity index is 2.55. The molecule has 0 saturated heterocycles. The standard InChI is InChI=1S/C23H14F4N4O4/c1-34-22(32)14-13(10-6-4-3-5-7-10)11(8-28)21(30)31(19(14)23(33)35-2)20-17(26)15(24)12(9-29)16(25)18(20)27/h3-7,13H,30H2,1-2H3. The maximum absolute atomic E-state index is 15.0. The van der Waals surface area contributed by atoms with Gasteiger partial charge in [0.2, 0.25) is 0 Å². The number of ether oxygens (including phenoxy) is 2. The third kappa shape index (κ3) is 3.81. The molecular formula is C23H14F4N4O4. The number of anilines is 1. The van der Waals surface area contributed by atoms with E-state index >= 15 is 8.78 Å². The Kier molecular flexibility index (Phi) is 6.78. The molecule has 1 atom stereocenters. The van der Waals surface area contributed by atoms with Gasteiger partial charge in [0.05, 0.1) is 37.4 Å². The zero-order valence-electron chi connectivity index (χ0n) is 18.0. The minimum absolute atomic E-state index is 0.161. The highest BCUT2D eigenvalue weighted by Crippen LogP contribution is 2.45. The van der Waals surface area contributed by atoms with Crippen LogP contribution in [-0.4, -0.2) is 26.2 Å². The van der Waals surface area contributed by atoms with Crippen LogP contribution in [0.25, 0.3) is 0 Å². The molecule has 0 radical (unpaired) electrons. The van der Waals surface area contributed by atoms with Crippen LogP contribution in [0.2, 0.25) is 0 Å². The molecular weight excluding hydrogens is 472 g/mol. The van der Waals surface area contributed by atoms with Crippen LogP contribution in [0.4, 0.5) is 23.2 Å². The lowest BCUT2D eigenvalue weighted by Crippen LogP contribution is -2.41. The van der Waals surface area contributed by atoms with Crippen molar-refractivity contribution in [1.82, 2.24) is 0 Å². The van der Waals surface area contributed by atoms with Crippen LogP contribution < -0.4 is 10.6 Å². The van der Waals surface area contributed by atoms with Gasteiger partial charge in [0, 0.05) is 0 Å². The van der Waals surface area contributed by atoms with Gasteiger partial charge < -0.3 is 15.2 Å². The van der Waals surface area contributed by atoms with Gasteiger partial charge in [0.15, 0.2) is 23.3 Å². The third-order valence-electron chi connectivity index (χ3n) is 5.19. The number of carbonyl (C=O) groups excluding carboxylic acids is 2. The molecule has 1 unspecified atom stereocenters. The number of methoxy groups -OCH3 is 2. The number of hydrogen-bond donors (Lipinski definition) is 1. The van der Waals surface area contributed by atoms with Gasteiger partial charge in [0.25, 0.3) is 0 Å². The van der Waals surface area contributed by atoms with Crippen molar-refractivity contribution in [3.05, 3.63) is 87.4 Å². The van der Waals surface area contributed by atoms with E-state index in [1.54, 1.807) is 24.3 Å². The van der Waals surface area contributed by atoms with E-state index < -0.39 is 75.0 Å². The Morgan fingerprint density at radius 2 is 1.46 bits per heavy atom. The van der Waals surface area contributed by atoms with Crippen LogP contribution in [0.5, 0.6) is 0 Å². The first-order valence-corrected chi connectivity index (χ1v) is 9.57. The quantitative estimate of drug-likeness (QED) is 0.397. The third-order valence-corrected chi connectivity index (χ3v) is 5.19. The first-order valence-electron chi connectivity index (χ1n) is 9.57. The van der Waals surface area contributed by atoms with Gasteiger partial charge in [-0.1, -0.05) is 30.3 Å². The van der Waals surface area contributed by atoms with Crippen molar-refractivity contribution in [3.8, 4) is 12.1 Å². The Morgan fingerprint density at radius 3 is 1.91 bits per heavy atom. The normalized spacial score (nSPS) is 15.4. The van der Waals surface area contributed by atoms with Gasteiger partial charge >= 0.3 is 11.9 Å². The van der Waals surface area contributed by atoms with E-state index in [2.05, 4.69) is 4.74 Å². The van der Waals surface area contributed by atoms with Gasteiger partial charge in [-0.25, -0.2) is 27.2 Å². The van der Waals surface area contributed by atoms with E-state index in [1.165, 1.54) is 12.1 Å². The van der Waals surface area contributed by atoms with Crippen LogP contribution in [0.3, 0.4) is 0 Å². The summed E-state index contributed by atoms with van der Waals surface area (Å²) in [5.74, 6) is -13.2. The molecule has 0 fully saturated rings. The summed E-state index contributed by atoms with van der Waals surface area (Å²) in [5, 5.41) is 18.7. The highest BCUT2D eigenvalue weighted by atomic mass is 19.2. The van der Waals surface area contributed by atoms with E-state index in [-0.39, 0.29) is 10.5 Å². The number of allylic oxidation sites excluding steroid dienone is 1. The predicted octanol–water partition coefficient (Wildman–Crippen LogP) is 3.01. The molecule has 0 spiro atoms. The van der Waals surface area contributed by atoms with Crippen molar-refractivity contribution in [2.24, 2.45) is 5.73 Å². The molecule has 1 heterocycles. The molecule has 12 heteroatoms. The first kappa shape index (κ1) is 24.8. The Morgan fingerprint density at radius 1 is 0.914 bits per heavy atom. The topological polar surface area (TPSA) is 129 Å². The second kappa shape index (κ2) is 9.57. The summed E-state index contributed by atoms with van der Waals surface area (Å²) < 4.78 is 68.4. The number of hydrogen-bond acceptors (Lipinski definition) is 8. The minimum atomic E-state index is -2.11. The number of nitrogens with zero attached hydrogens (tertiary/aromatic N) is 3. The van der Waals surface area contributed by atoms with Crippen molar-refractivity contribution < 1.29 is 36.6 Å². The zero-order chi connectivity index (χ0) is 26.0. The summed E-state index contributed by atoms with van der Waals surface area (Å²) in [7, 11) is 1.80. The van der Waals surface area contributed by atoms with Gasteiger partial charge in [-0.2, -0.15) is 10.5 Å². The number of nitrogens with two attached hydrogens (primary N) is 1. The molecule has 0 bridgehead atoms. The van der Waals surface area contributed by atoms with Gasteiger partial charge in [-0.15, -0.1) is 0 Å². The van der Waals surface area contributed by atoms with E-state index in [4.69, 9.17) is 15.7 Å². The number of benzene rings is 2. The molecule has 2 aromatic rings. The Hall–Kier alpha value is -4.84. The van der Waals surface area contributed by atoms with Crippen LogP contribution in [-0.2, 0) is 19.1 Å². The van der Waals surface area contributed by atoms with Crippen LogP contribution in [0.1, 0.15) is 17.0 Å². The molecule has 0 amide bonds. The molecule has 1 aliphatic rings. The number of rotatable bonds is 4. The van der Waals surface area contributed by atoms with E-state index in [9.17, 15) is 23.6 Å². The first-order chi connectivity index (χ1) is 16.7. The highest BCUT2D eigenvalue weighted by molar-refractivity contribution is 6.06. The maximum atomic E-state index is 15.0. The van der Waals surface area contributed by atoms with Crippen molar-refractivity contribution in [2.75, 3.05) is 19.1 Å². The Labute approximate surface area is 195 Å². The largest absolute Gasteiger partial charge is 0.466 e. The molecule has 8 nitrogen and oxygen atoms in total. The number of esters is 2. The zero-order valence-corrected chi connectivity index (χ0v) is 18.0. The van der Waals surface area contributed by atoms with Crippen molar-refractivity contribution in [2.45, 2.75) is 5.92 Å². The SMILES string of the molecule is COC(=O)C1=C(C(=O)OC)N(c2c(F)c(F)c(C#N)c(F)c2F)C(N)=C(C#N)C1c1ccccc1. The molecule has 1 aliphatic heterocycles. The molecule has 0 saturated carbocycles. The average molecular weight is 486 g/mol. The number of nitriles is 2. The number of carbonyl (C=O) groups is 2. The highest BCUT2D eigenvalue weighted by Gasteiger charge is 2.45. The fourth-order valence-electron chi connectivity index (χ4n) is 3.66. The van der Waals surface area contributed by atoms with Gasteiger partial charge in [-0.05, 0) is 5.56 Å². The van der Waals surface area contributed by atoms with Gasteiger partial charge in [-0.3, -0.25) is 4.90 Å². The maximum Gasteiger partial charge on any atom is 0.355 e. The molecule has 2 aromatic carbocycles. The van der Waals surface area contributed by atoms with Crippen molar-refractivity contribution >= 4 is 17.6 Å². The lowest BCUT2D eigenvalue weighted by atomic mass is 9.81. The van der Waals surface area contributed by atoms with Crippen LogP contribution >= 0.6 is 0 Å². The fraction of sp³-hybridized carbons (Fsp3) is 0.130.